The van der Waals surface area contributed by atoms with Gasteiger partial charge in [0.15, 0.2) is 0 Å². The van der Waals surface area contributed by atoms with E-state index in [0.29, 0.717) is 17.4 Å². The number of carbonyl (C=O) groups excluding carboxylic acids is 1. The molecule has 0 fully saturated rings. The van der Waals surface area contributed by atoms with Gasteiger partial charge in [0.1, 0.15) is 11.3 Å². The Bertz CT molecular complexity index is 773. The minimum absolute atomic E-state index is 0.0321. The van der Waals surface area contributed by atoms with Crippen LogP contribution in [-0.2, 0) is 9.53 Å². The molecule has 124 valence electrons. The van der Waals surface area contributed by atoms with Crippen molar-refractivity contribution in [3.05, 3.63) is 39.7 Å². The molecule has 0 spiro atoms. The summed E-state index contributed by atoms with van der Waals surface area (Å²) >= 11 is 0. The Kier molecular flexibility index (Phi) is 5.08. The van der Waals surface area contributed by atoms with Crippen LogP contribution < -0.4 is 5.63 Å². The van der Waals surface area contributed by atoms with Crippen LogP contribution in [0.25, 0.3) is 11.0 Å². The molecule has 0 aliphatic heterocycles. The van der Waals surface area contributed by atoms with Gasteiger partial charge in [-0.2, -0.15) is 0 Å². The fourth-order valence-corrected chi connectivity index (χ4v) is 2.82. The van der Waals surface area contributed by atoms with Gasteiger partial charge >= 0.3 is 11.6 Å². The monoisotopic (exact) mass is 318 g/mol. The zero-order valence-electron chi connectivity index (χ0n) is 13.9. The lowest BCUT2D eigenvalue weighted by atomic mass is 9.87. The quantitative estimate of drug-likeness (QED) is 0.674. The lowest BCUT2D eigenvalue weighted by molar-refractivity contribution is -0.141. The number of methoxy groups -OCH3 is 1. The normalized spacial score (nSPS) is 12.6. The largest absolute Gasteiger partial charge is 0.507 e. The molecule has 0 unspecified atom stereocenters. The van der Waals surface area contributed by atoms with Crippen LogP contribution in [0.2, 0.25) is 0 Å². The lowest BCUT2D eigenvalue weighted by Gasteiger charge is -2.19. The molecule has 2 rings (SSSR count). The summed E-state index contributed by atoms with van der Waals surface area (Å²) in [7, 11) is 1.31. The maximum atomic E-state index is 12.4. The molecule has 0 bridgehead atoms. The Hall–Kier alpha value is -2.30. The highest BCUT2D eigenvalue weighted by Crippen LogP contribution is 2.35. The van der Waals surface area contributed by atoms with Gasteiger partial charge in [-0.05, 0) is 37.0 Å². The van der Waals surface area contributed by atoms with Gasteiger partial charge in [-0.1, -0.05) is 19.9 Å². The van der Waals surface area contributed by atoms with Crippen molar-refractivity contribution in [2.45, 2.75) is 39.5 Å². The number of carbonyl (C=O) groups is 1. The fourth-order valence-electron chi connectivity index (χ4n) is 2.82. The highest BCUT2D eigenvalue weighted by molar-refractivity contribution is 5.85. The summed E-state index contributed by atoms with van der Waals surface area (Å²) in [4.78, 5) is 24.1. The highest BCUT2D eigenvalue weighted by Gasteiger charge is 2.26. The van der Waals surface area contributed by atoms with E-state index in [1.165, 1.54) is 7.11 Å². The molecule has 0 amide bonds. The summed E-state index contributed by atoms with van der Waals surface area (Å²) in [5.74, 6) is -0.717. The molecule has 0 aliphatic rings. The molecule has 0 saturated heterocycles. The third-order valence-corrected chi connectivity index (χ3v) is 3.87. The first-order valence-electron chi connectivity index (χ1n) is 7.66. The van der Waals surface area contributed by atoms with Crippen molar-refractivity contribution < 1.29 is 19.1 Å². The minimum Gasteiger partial charge on any atom is -0.507 e. The Morgan fingerprint density at radius 3 is 2.65 bits per heavy atom. The summed E-state index contributed by atoms with van der Waals surface area (Å²) in [5, 5.41) is 11.1. The molecule has 0 saturated carbocycles. The van der Waals surface area contributed by atoms with Gasteiger partial charge in [-0.15, -0.1) is 0 Å². The smallest absolute Gasteiger partial charge is 0.343 e. The van der Waals surface area contributed by atoms with Crippen LogP contribution in [0.4, 0.5) is 0 Å². The first kappa shape index (κ1) is 17.1. The van der Waals surface area contributed by atoms with E-state index < -0.39 is 17.5 Å². The van der Waals surface area contributed by atoms with Gasteiger partial charge < -0.3 is 14.3 Å². The van der Waals surface area contributed by atoms with Crippen molar-refractivity contribution in [2.75, 3.05) is 7.11 Å². The van der Waals surface area contributed by atoms with E-state index >= 15 is 0 Å². The van der Waals surface area contributed by atoms with Crippen molar-refractivity contribution in [2.24, 2.45) is 5.92 Å². The van der Waals surface area contributed by atoms with Crippen LogP contribution in [0.1, 0.15) is 43.7 Å². The SMILES string of the molecule is COC(=O)C[C@@H](CC(C)C)c1c(O)c2ccc(C)cc2oc1=O. The van der Waals surface area contributed by atoms with Crippen molar-refractivity contribution >= 4 is 16.9 Å². The molecule has 2 aromatic rings. The Morgan fingerprint density at radius 1 is 1.35 bits per heavy atom. The van der Waals surface area contributed by atoms with Crippen molar-refractivity contribution in [1.82, 2.24) is 0 Å². The van der Waals surface area contributed by atoms with Crippen LogP contribution in [-0.4, -0.2) is 18.2 Å². The predicted octanol–water partition coefficient (Wildman–Crippen LogP) is 3.50. The molecule has 5 nitrogen and oxygen atoms in total. The number of fused-ring (bicyclic) bond motifs is 1. The second kappa shape index (κ2) is 6.86. The van der Waals surface area contributed by atoms with E-state index in [2.05, 4.69) is 0 Å². The Morgan fingerprint density at radius 2 is 2.04 bits per heavy atom. The zero-order chi connectivity index (χ0) is 17.1. The molecule has 23 heavy (non-hydrogen) atoms. The topological polar surface area (TPSA) is 76.7 Å². The molecule has 1 aromatic heterocycles. The summed E-state index contributed by atoms with van der Waals surface area (Å²) in [6.07, 6.45) is 0.606. The van der Waals surface area contributed by atoms with Crippen LogP contribution in [0.15, 0.2) is 27.4 Å². The Balaban J connectivity index is 2.59. The van der Waals surface area contributed by atoms with E-state index in [1.807, 2.05) is 26.8 Å². The molecule has 1 atom stereocenters. The first-order chi connectivity index (χ1) is 10.8. The minimum atomic E-state index is -0.602. The van der Waals surface area contributed by atoms with E-state index in [4.69, 9.17) is 9.15 Å². The maximum Gasteiger partial charge on any atom is 0.343 e. The molecule has 0 aliphatic carbocycles. The van der Waals surface area contributed by atoms with Crippen LogP contribution in [0, 0.1) is 12.8 Å². The van der Waals surface area contributed by atoms with E-state index in [9.17, 15) is 14.7 Å². The first-order valence-corrected chi connectivity index (χ1v) is 7.66. The average Bonchev–Trinajstić information content (AvgIpc) is 2.45. The van der Waals surface area contributed by atoms with Crippen LogP contribution in [0.5, 0.6) is 5.75 Å². The van der Waals surface area contributed by atoms with Crippen LogP contribution >= 0.6 is 0 Å². The van der Waals surface area contributed by atoms with E-state index in [0.717, 1.165) is 5.56 Å². The highest BCUT2D eigenvalue weighted by atomic mass is 16.5. The summed E-state index contributed by atoms with van der Waals surface area (Å²) < 4.78 is 10.1. The zero-order valence-corrected chi connectivity index (χ0v) is 13.9. The third-order valence-electron chi connectivity index (χ3n) is 3.87. The standard InChI is InChI=1S/C18H22O5/c1-10(2)7-12(9-15(19)22-4)16-17(20)13-6-5-11(3)8-14(13)23-18(16)21/h5-6,8,10,12,20H,7,9H2,1-4H3/t12-/m1/s1. The maximum absolute atomic E-state index is 12.4. The number of hydrogen-bond donors (Lipinski definition) is 1. The summed E-state index contributed by atoms with van der Waals surface area (Å²) in [6, 6.07) is 5.26. The van der Waals surface area contributed by atoms with Gasteiger partial charge in [0.25, 0.3) is 0 Å². The second-order valence-corrected chi connectivity index (χ2v) is 6.26. The number of aromatic hydroxyl groups is 1. The molecular weight excluding hydrogens is 296 g/mol. The second-order valence-electron chi connectivity index (χ2n) is 6.26. The number of hydrogen-bond acceptors (Lipinski definition) is 5. The molecule has 0 radical (unpaired) electrons. The van der Waals surface area contributed by atoms with Crippen molar-refractivity contribution in [3.63, 3.8) is 0 Å². The van der Waals surface area contributed by atoms with Crippen molar-refractivity contribution in [1.29, 1.82) is 0 Å². The van der Waals surface area contributed by atoms with Gasteiger partial charge in [0, 0.05) is 5.92 Å². The van der Waals surface area contributed by atoms with Gasteiger partial charge in [-0.3, -0.25) is 4.79 Å². The lowest BCUT2D eigenvalue weighted by Crippen LogP contribution is -2.18. The summed E-state index contributed by atoms with van der Waals surface area (Å²) in [5.41, 5.74) is 0.828. The van der Waals surface area contributed by atoms with Gasteiger partial charge in [-0.25, -0.2) is 4.79 Å². The van der Waals surface area contributed by atoms with Gasteiger partial charge in [0.05, 0.1) is 24.5 Å². The fraction of sp³-hybridized carbons (Fsp3) is 0.444. The molecular formula is C18H22O5. The number of benzene rings is 1. The summed E-state index contributed by atoms with van der Waals surface area (Å²) in [6.45, 7) is 5.87. The number of aryl methyl sites for hydroxylation is 1. The molecule has 1 heterocycles. The number of ether oxygens (including phenoxy) is 1. The molecule has 5 heteroatoms. The molecule has 1 aromatic carbocycles. The van der Waals surface area contributed by atoms with Crippen molar-refractivity contribution in [3.8, 4) is 5.75 Å². The average molecular weight is 318 g/mol. The third kappa shape index (κ3) is 3.73. The Labute approximate surface area is 134 Å². The van der Waals surface area contributed by atoms with Crippen LogP contribution in [0.3, 0.4) is 0 Å². The van der Waals surface area contributed by atoms with E-state index in [-0.39, 0.29) is 23.7 Å². The number of esters is 1. The van der Waals surface area contributed by atoms with E-state index in [1.54, 1.807) is 12.1 Å². The number of rotatable bonds is 5. The predicted molar refractivity (Wildman–Crippen MR) is 87.7 cm³/mol. The van der Waals surface area contributed by atoms with Gasteiger partial charge in [0.2, 0.25) is 0 Å². The molecule has 1 N–H and O–H groups in total.